The molecule has 0 fully saturated rings. The molecule has 0 N–H and O–H groups in total. The molecule has 0 aromatic carbocycles. The van der Waals surface area contributed by atoms with Crippen molar-refractivity contribution in [1.29, 1.82) is 0 Å². The highest BCUT2D eigenvalue weighted by atomic mass is 16.1. The van der Waals surface area contributed by atoms with Crippen LogP contribution in [-0.4, -0.2) is 6.29 Å². The highest BCUT2D eigenvalue weighted by Gasteiger charge is 1.97. The first-order chi connectivity index (χ1) is 5.81. The van der Waals surface area contributed by atoms with Gasteiger partial charge in [-0.2, -0.15) is 0 Å². The Morgan fingerprint density at radius 1 is 1.17 bits per heavy atom. The molecule has 0 aliphatic carbocycles. The van der Waals surface area contributed by atoms with Gasteiger partial charge in [-0.15, -0.1) is 0 Å². The summed E-state index contributed by atoms with van der Waals surface area (Å²) in [6.45, 7) is 4.56. The third-order valence-electron chi connectivity index (χ3n) is 2.47. The van der Waals surface area contributed by atoms with Crippen LogP contribution in [0.25, 0.3) is 0 Å². The van der Waals surface area contributed by atoms with Crippen molar-refractivity contribution in [3.05, 3.63) is 0 Å². The summed E-state index contributed by atoms with van der Waals surface area (Å²) < 4.78 is 0. The van der Waals surface area contributed by atoms with Crippen molar-refractivity contribution >= 4 is 6.29 Å². The van der Waals surface area contributed by atoms with E-state index in [-0.39, 0.29) is 0 Å². The fourth-order valence-electron chi connectivity index (χ4n) is 1.28. The number of rotatable bonds is 8. The first kappa shape index (κ1) is 11.7. The molecule has 1 nitrogen and oxygen atoms in total. The standard InChI is InChI=1S/C11H22O/c1-3-11(2)9-7-5-4-6-8-10-12/h10-11H,3-9H2,1-2H3/t11-/m1/s1. The monoisotopic (exact) mass is 170 g/mol. The topological polar surface area (TPSA) is 17.1 Å². The molecule has 0 spiro atoms. The maximum atomic E-state index is 9.99. The quantitative estimate of drug-likeness (QED) is 0.402. The summed E-state index contributed by atoms with van der Waals surface area (Å²) in [5, 5.41) is 0. The van der Waals surface area contributed by atoms with Crippen molar-refractivity contribution in [2.75, 3.05) is 0 Å². The van der Waals surface area contributed by atoms with Crippen LogP contribution < -0.4 is 0 Å². The molecule has 0 aliphatic heterocycles. The summed E-state index contributed by atoms with van der Waals surface area (Å²) in [4.78, 5) is 9.99. The van der Waals surface area contributed by atoms with Gasteiger partial charge in [0.1, 0.15) is 6.29 Å². The van der Waals surface area contributed by atoms with Crippen LogP contribution in [0.5, 0.6) is 0 Å². The van der Waals surface area contributed by atoms with E-state index < -0.39 is 0 Å². The Balaban J connectivity index is 2.95. The van der Waals surface area contributed by atoms with Gasteiger partial charge in [0.15, 0.2) is 0 Å². The van der Waals surface area contributed by atoms with Crippen molar-refractivity contribution in [2.45, 2.75) is 58.8 Å². The fraction of sp³-hybridized carbons (Fsp3) is 0.909. The minimum absolute atomic E-state index is 0.753. The number of hydrogen-bond donors (Lipinski definition) is 0. The molecule has 1 atom stereocenters. The first-order valence-corrected chi connectivity index (χ1v) is 5.24. The Labute approximate surface area is 76.6 Å². The Morgan fingerprint density at radius 3 is 2.42 bits per heavy atom. The zero-order chi connectivity index (χ0) is 9.23. The summed E-state index contributed by atoms with van der Waals surface area (Å²) in [7, 11) is 0. The lowest BCUT2D eigenvalue weighted by Gasteiger charge is -2.06. The molecule has 0 aliphatic rings. The van der Waals surface area contributed by atoms with Crippen LogP contribution in [0.15, 0.2) is 0 Å². The normalized spacial score (nSPS) is 12.8. The van der Waals surface area contributed by atoms with E-state index in [0.29, 0.717) is 0 Å². The average Bonchev–Trinajstić information content (AvgIpc) is 2.10. The highest BCUT2D eigenvalue weighted by molar-refractivity contribution is 5.48. The predicted molar refractivity (Wildman–Crippen MR) is 53.2 cm³/mol. The second-order valence-electron chi connectivity index (χ2n) is 3.67. The lowest BCUT2D eigenvalue weighted by Crippen LogP contribution is -1.91. The first-order valence-electron chi connectivity index (χ1n) is 5.24. The van der Waals surface area contributed by atoms with Gasteiger partial charge in [-0.25, -0.2) is 0 Å². The van der Waals surface area contributed by atoms with Gasteiger partial charge >= 0.3 is 0 Å². The molecular formula is C11H22O. The molecule has 0 saturated carbocycles. The second-order valence-corrected chi connectivity index (χ2v) is 3.67. The van der Waals surface area contributed by atoms with E-state index >= 15 is 0 Å². The zero-order valence-corrected chi connectivity index (χ0v) is 8.51. The Bertz CT molecular complexity index is 99.2. The van der Waals surface area contributed by atoms with E-state index in [9.17, 15) is 4.79 Å². The molecule has 72 valence electrons. The van der Waals surface area contributed by atoms with Crippen LogP contribution in [0, 0.1) is 5.92 Å². The second kappa shape index (κ2) is 8.76. The van der Waals surface area contributed by atoms with E-state index in [1.54, 1.807) is 0 Å². The predicted octanol–water partition coefficient (Wildman–Crippen LogP) is 3.57. The van der Waals surface area contributed by atoms with Crippen LogP contribution in [0.1, 0.15) is 58.8 Å². The average molecular weight is 170 g/mol. The fourth-order valence-corrected chi connectivity index (χ4v) is 1.28. The van der Waals surface area contributed by atoms with Gasteiger partial charge in [-0.05, 0) is 12.3 Å². The number of aldehydes is 1. The number of carbonyl (C=O) groups is 1. The Kier molecular flexibility index (Phi) is 8.52. The summed E-state index contributed by atoms with van der Waals surface area (Å²) in [5.74, 6) is 0.885. The van der Waals surface area contributed by atoms with Gasteiger partial charge in [0.2, 0.25) is 0 Å². The van der Waals surface area contributed by atoms with Gasteiger partial charge < -0.3 is 4.79 Å². The molecule has 0 aromatic rings. The minimum Gasteiger partial charge on any atom is -0.303 e. The molecule has 1 heteroatoms. The van der Waals surface area contributed by atoms with Crippen molar-refractivity contribution in [3.8, 4) is 0 Å². The maximum absolute atomic E-state index is 9.99. The molecule has 0 saturated heterocycles. The molecule has 12 heavy (non-hydrogen) atoms. The molecule has 0 radical (unpaired) electrons. The highest BCUT2D eigenvalue weighted by Crippen LogP contribution is 2.13. The number of carbonyl (C=O) groups excluding carboxylic acids is 1. The molecular weight excluding hydrogens is 148 g/mol. The van der Waals surface area contributed by atoms with Gasteiger partial charge in [0, 0.05) is 6.42 Å². The molecule has 0 aromatic heterocycles. The van der Waals surface area contributed by atoms with E-state index in [0.717, 1.165) is 25.0 Å². The largest absolute Gasteiger partial charge is 0.303 e. The lowest BCUT2D eigenvalue weighted by molar-refractivity contribution is -0.107. The van der Waals surface area contributed by atoms with Crippen LogP contribution in [-0.2, 0) is 4.79 Å². The summed E-state index contributed by atoms with van der Waals surface area (Å²) >= 11 is 0. The lowest BCUT2D eigenvalue weighted by atomic mass is 10.0. The van der Waals surface area contributed by atoms with Crippen molar-refractivity contribution < 1.29 is 4.79 Å². The zero-order valence-electron chi connectivity index (χ0n) is 8.51. The smallest absolute Gasteiger partial charge is 0.119 e. The van der Waals surface area contributed by atoms with E-state index in [2.05, 4.69) is 13.8 Å². The van der Waals surface area contributed by atoms with Crippen LogP contribution >= 0.6 is 0 Å². The van der Waals surface area contributed by atoms with Gasteiger partial charge in [0.25, 0.3) is 0 Å². The Hall–Kier alpha value is -0.330. The SMILES string of the molecule is CC[C@@H](C)CCCCCCC=O. The number of hydrogen-bond acceptors (Lipinski definition) is 1. The van der Waals surface area contributed by atoms with Crippen molar-refractivity contribution in [1.82, 2.24) is 0 Å². The van der Waals surface area contributed by atoms with Crippen LogP contribution in [0.3, 0.4) is 0 Å². The Morgan fingerprint density at radius 2 is 1.83 bits per heavy atom. The van der Waals surface area contributed by atoms with E-state index in [1.807, 2.05) is 0 Å². The minimum atomic E-state index is 0.753. The molecule has 0 bridgehead atoms. The molecule has 0 rings (SSSR count). The van der Waals surface area contributed by atoms with Gasteiger partial charge in [-0.1, -0.05) is 46.0 Å². The third kappa shape index (κ3) is 7.77. The third-order valence-corrected chi connectivity index (χ3v) is 2.47. The molecule has 0 amide bonds. The van der Waals surface area contributed by atoms with Crippen molar-refractivity contribution in [2.24, 2.45) is 5.92 Å². The van der Waals surface area contributed by atoms with Crippen molar-refractivity contribution in [3.63, 3.8) is 0 Å². The van der Waals surface area contributed by atoms with Crippen LogP contribution in [0.4, 0.5) is 0 Å². The molecule has 0 heterocycles. The summed E-state index contributed by atoms with van der Waals surface area (Å²) in [6.07, 6.45) is 9.40. The molecule has 0 unspecified atom stereocenters. The van der Waals surface area contributed by atoms with Gasteiger partial charge in [-0.3, -0.25) is 0 Å². The number of unbranched alkanes of at least 4 members (excludes halogenated alkanes) is 4. The summed E-state index contributed by atoms with van der Waals surface area (Å²) in [6, 6.07) is 0. The van der Waals surface area contributed by atoms with Crippen LogP contribution in [0.2, 0.25) is 0 Å². The van der Waals surface area contributed by atoms with E-state index in [4.69, 9.17) is 0 Å². The van der Waals surface area contributed by atoms with Gasteiger partial charge in [0.05, 0.1) is 0 Å². The van der Waals surface area contributed by atoms with E-state index in [1.165, 1.54) is 32.1 Å². The summed E-state index contributed by atoms with van der Waals surface area (Å²) in [5.41, 5.74) is 0. The maximum Gasteiger partial charge on any atom is 0.119 e.